The zero-order valence-corrected chi connectivity index (χ0v) is 12.2. The molecule has 1 N–H and O–H groups in total. The van der Waals surface area contributed by atoms with Gasteiger partial charge in [-0.3, -0.25) is 9.59 Å². The third-order valence-electron chi connectivity index (χ3n) is 2.82. The highest BCUT2D eigenvalue weighted by Gasteiger charge is 2.09. The van der Waals surface area contributed by atoms with Gasteiger partial charge < -0.3 is 10.1 Å². The summed E-state index contributed by atoms with van der Waals surface area (Å²) >= 11 is 5.88. The average molecular weight is 304 g/mol. The van der Waals surface area contributed by atoms with Crippen molar-refractivity contribution in [1.82, 2.24) is 0 Å². The van der Waals surface area contributed by atoms with Crippen LogP contribution in [0.3, 0.4) is 0 Å². The summed E-state index contributed by atoms with van der Waals surface area (Å²) < 4.78 is 5.34. The fourth-order valence-corrected chi connectivity index (χ4v) is 1.95. The Hall–Kier alpha value is -2.33. The lowest BCUT2D eigenvalue weighted by Crippen LogP contribution is -2.20. The van der Waals surface area contributed by atoms with Crippen LogP contribution in [-0.4, -0.2) is 18.8 Å². The number of hydrogen-bond donors (Lipinski definition) is 1. The molecule has 0 bridgehead atoms. The first-order valence-electron chi connectivity index (χ1n) is 6.33. The zero-order chi connectivity index (χ0) is 15.2. The van der Waals surface area contributed by atoms with Crippen molar-refractivity contribution in [3.63, 3.8) is 0 Å². The number of aldehydes is 1. The number of ether oxygens (including phenoxy) is 1. The van der Waals surface area contributed by atoms with E-state index < -0.39 is 0 Å². The number of aryl methyl sites for hydroxylation is 1. The van der Waals surface area contributed by atoms with Crippen molar-refractivity contribution >= 4 is 29.5 Å². The normalized spacial score (nSPS) is 10.0. The molecule has 5 heteroatoms. The minimum atomic E-state index is -0.310. The summed E-state index contributed by atoms with van der Waals surface area (Å²) in [4.78, 5) is 22.7. The maximum Gasteiger partial charge on any atom is 0.262 e. The Kier molecular flexibility index (Phi) is 4.95. The number of hydrogen-bond acceptors (Lipinski definition) is 3. The molecule has 0 spiro atoms. The molecule has 0 aromatic heterocycles. The molecule has 21 heavy (non-hydrogen) atoms. The highest BCUT2D eigenvalue weighted by Crippen LogP contribution is 2.24. The number of nitrogens with one attached hydrogen (secondary N) is 1. The van der Waals surface area contributed by atoms with E-state index >= 15 is 0 Å². The van der Waals surface area contributed by atoms with Crippen LogP contribution in [0.2, 0.25) is 5.02 Å². The Morgan fingerprint density at radius 1 is 1.24 bits per heavy atom. The average Bonchev–Trinajstić information content (AvgIpc) is 2.47. The Morgan fingerprint density at radius 2 is 1.95 bits per heavy atom. The van der Waals surface area contributed by atoms with E-state index in [1.54, 1.807) is 18.2 Å². The quantitative estimate of drug-likeness (QED) is 0.860. The van der Waals surface area contributed by atoms with Crippen LogP contribution in [0.1, 0.15) is 15.9 Å². The van der Waals surface area contributed by atoms with E-state index in [0.29, 0.717) is 17.0 Å². The predicted molar refractivity (Wildman–Crippen MR) is 82.1 cm³/mol. The molecule has 0 saturated heterocycles. The van der Waals surface area contributed by atoms with Gasteiger partial charge in [-0.2, -0.15) is 0 Å². The molecule has 108 valence electrons. The lowest BCUT2D eigenvalue weighted by atomic mass is 10.2. The Labute approximate surface area is 127 Å². The van der Waals surface area contributed by atoms with Crippen molar-refractivity contribution < 1.29 is 14.3 Å². The summed E-state index contributed by atoms with van der Waals surface area (Å²) in [5, 5.41) is 3.00. The first kappa shape index (κ1) is 15.1. The van der Waals surface area contributed by atoms with Crippen LogP contribution in [0.5, 0.6) is 5.75 Å². The van der Waals surface area contributed by atoms with Crippen molar-refractivity contribution in [1.29, 1.82) is 0 Å². The Bertz CT molecular complexity index is 653. The number of halogens is 1. The molecule has 2 aromatic rings. The predicted octanol–water partition coefficient (Wildman–Crippen LogP) is 3.48. The Balaban J connectivity index is 1.97. The van der Waals surface area contributed by atoms with E-state index in [0.717, 1.165) is 5.56 Å². The number of rotatable bonds is 5. The zero-order valence-electron chi connectivity index (χ0n) is 11.4. The van der Waals surface area contributed by atoms with E-state index in [1.807, 2.05) is 31.2 Å². The molecule has 0 heterocycles. The van der Waals surface area contributed by atoms with Crippen LogP contribution in [0.4, 0.5) is 5.69 Å². The number of carbonyl (C=O) groups excluding carboxylic acids is 2. The smallest absolute Gasteiger partial charge is 0.262 e. The van der Waals surface area contributed by atoms with E-state index in [4.69, 9.17) is 16.3 Å². The summed E-state index contributed by atoms with van der Waals surface area (Å²) in [5.74, 6) is -0.0211. The van der Waals surface area contributed by atoms with Gasteiger partial charge in [-0.1, -0.05) is 35.4 Å². The molecule has 0 atom stereocenters. The molecular weight excluding hydrogens is 290 g/mol. The third-order valence-corrected chi connectivity index (χ3v) is 3.15. The monoisotopic (exact) mass is 303 g/mol. The summed E-state index contributed by atoms with van der Waals surface area (Å²) in [5.41, 5.74) is 2.04. The minimum Gasteiger partial charge on any atom is -0.483 e. The molecular formula is C16H14ClNO3. The van der Waals surface area contributed by atoms with E-state index in [9.17, 15) is 9.59 Å². The highest BCUT2D eigenvalue weighted by atomic mass is 35.5. The molecule has 0 fully saturated rings. The molecule has 0 radical (unpaired) electrons. The number of benzene rings is 2. The highest BCUT2D eigenvalue weighted by molar-refractivity contribution is 6.33. The number of carbonyl (C=O) groups is 2. The maximum atomic E-state index is 11.8. The van der Waals surface area contributed by atoms with Gasteiger partial charge in [-0.25, -0.2) is 0 Å². The van der Waals surface area contributed by atoms with Gasteiger partial charge in [0.25, 0.3) is 5.91 Å². The van der Waals surface area contributed by atoms with Gasteiger partial charge in [0, 0.05) is 5.69 Å². The maximum absolute atomic E-state index is 11.8. The van der Waals surface area contributed by atoms with Crippen LogP contribution in [0, 0.1) is 6.92 Å². The summed E-state index contributed by atoms with van der Waals surface area (Å²) in [6.45, 7) is 1.77. The summed E-state index contributed by atoms with van der Waals surface area (Å²) in [6.07, 6.45) is 0.607. The van der Waals surface area contributed by atoms with Gasteiger partial charge in [-0.15, -0.1) is 0 Å². The summed E-state index contributed by atoms with van der Waals surface area (Å²) in [7, 11) is 0. The number of amides is 1. The van der Waals surface area contributed by atoms with Gasteiger partial charge in [0.1, 0.15) is 5.75 Å². The summed E-state index contributed by atoms with van der Waals surface area (Å²) in [6, 6.07) is 12.3. The molecule has 0 aliphatic rings. The second-order valence-corrected chi connectivity index (χ2v) is 4.88. The van der Waals surface area contributed by atoms with E-state index in [-0.39, 0.29) is 23.8 Å². The molecule has 0 unspecified atom stereocenters. The third kappa shape index (κ3) is 4.07. The lowest BCUT2D eigenvalue weighted by Gasteiger charge is -2.10. The van der Waals surface area contributed by atoms with Gasteiger partial charge in [0.15, 0.2) is 12.9 Å². The van der Waals surface area contributed by atoms with Crippen LogP contribution >= 0.6 is 11.6 Å². The second-order valence-electron chi connectivity index (χ2n) is 4.47. The first-order chi connectivity index (χ1) is 10.1. The molecule has 2 aromatic carbocycles. The van der Waals surface area contributed by atoms with Crippen LogP contribution in [-0.2, 0) is 4.79 Å². The topological polar surface area (TPSA) is 55.4 Å². The van der Waals surface area contributed by atoms with Crippen LogP contribution < -0.4 is 10.1 Å². The molecule has 0 aliphatic heterocycles. The largest absolute Gasteiger partial charge is 0.483 e. The standard InChI is InChI=1S/C16H14ClNO3/c1-11-5-7-12(8-6-11)18-16(20)10-21-15-4-2-3-14(17)13(15)9-19/h2-9H,10H2,1H3,(H,18,20). The molecule has 0 saturated carbocycles. The first-order valence-corrected chi connectivity index (χ1v) is 6.71. The van der Waals surface area contributed by atoms with Crippen LogP contribution in [0.15, 0.2) is 42.5 Å². The lowest BCUT2D eigenvalue weighted by molar-refractivity contribution is -0.118. The molecule has 2 rings (SSSR count). The van der Waals surface area contributed by atoms with E-state index in [2.05, 4.69) is 5.32 Å². The van der Waals surface area contributed by atoms with Crippen molar-refractivity contribution in [2.45, 2.75) is 6.92 Å². The van der Waals surface area contributed by atoms with Crippen molar-refractivity contribution in [2.24, 2.45) is 0 Å². The van der Waals surface area contributed by atoms with Crippen LogP contribution in [0.25, 0.3) is 0 Å². The van der Waals surface area contributed by atoms with Crippen molar-refractivity contribution in [3.05, 3.63) is 58.6 Å². The van der Waals surface area contributed by atoms with Gasteiger partial charge in [0.2, 0.25) is 0 Å². The fraction of sp³-hybridized carbons (Fsp3) is 0.125. The van der Waals surface area contributed by atoms with Crippen molar-refractivity contribution in [2.75, 3.05) is 11.9 Å². The number of anilines is 1. The van der Waals surface area contributed by atoms with Gasteiger partial charge in [0.05, 0.1) is 10.6 Å². The fourth-order valence-electron chi connectivity index (χ4n) is 1.73. The van der Waals surface area contributed by atoms with E-state index in [1.165, 1.54) is 0 Å². The minimum absolute atomic E-state index is 0.199. The molecule has 0 aliphatic carbocycles. The second kappa shape index (κ2) is 6.90. The molecule has 4 nitrogen and oxygen atoms in total. The Morgan fingerprint density at radius 3 is 2.62 bits per heavy atom. The SMILES string of the molecule is Cc1ccc(NC(=O)COc2cccc(Cl)c2C=O)cc1. The van der Waals surface area contributed by atoms with Gasteiger partial charge >= 0.3 is 0 Å². The van der Waals surface area contributed by atoms with Crippen molar-refractivity contribution in [3.8, 4) is 5.75 Å². The van der Waals surface area contributed by atoms with Gasteiger partial charge in [-0.05, 0) is 31.2 Å². The molecule has 1 amide bonds.